The van der Waals surface area contributed by atoms with Gasteiger partial charge < -0.3 is 45.4 Å². The SMILES string of the molecule is CNCCCNC(=O)OC(CCCCCNC(=O)CCOCCOCCOCCOCCN)CS(C)(=O)=O. The van der Waals surface area contributed by atoms with Crippen molar-refractivity contribution < 1.29 is 41.7 Å². The van der Waals surface area contributed by atoms with E-state index in [1.807, 2.05) is 7.05 Å². The lowest BCUT2D eigenvalue weighted by Crippen LogP contribution is -2.34. The van der Waals surface area contributed by atoms with Crippen LogP contribution in [0.25, 0.3) is 0 Å². The van der Waals surface area contributed by atoms with E-state index >= 15 is 0 Å². The molecule has 0 saturated heterocycles. The fourth-order valence-corrected chi connectivity index (χ4v) is 4.07. The molecule has 0 heterocycles. The molecule has 0 bridgehead atoms. The van der Waals surface area contributed by atoms with Crippen molar-refractivity contribution in [2.24, 2.45) is 5.73 Å². The molecule has 13 nitrogen and oxygen atoms in total. The fourth-order valence-electron chi connectivity index (χ4n) is 3.16. The van der Waals surface area contributed by atoms with E-state index in [4.69, 9.17) is 29.4 Å². The summed E-state index contributed by atoms with van der Waals surface area (Å²) in [6.45, 7) is 5.85. The van der Waals surface area contributed by atoms with E-state index < -0.39 is 22.0 Å². The summed E-state index contributed by atoms with van der Waals surface area (Å²) in [6, 6.07) is 0. The van der Waals surface area contributed by atoms with Gasteiger partial charge in [-0.05, 0) is 39.3 Å². The molecular weight excluding hydrogens is 520 g/mol. The summed E-state index contributed by atoms with van der Waals surface area (Å²) in [5.74, 6) is -0.304. The average molecular weight is 571 g/mol. The van der Waals surface area contributed by atoms with E-state index in [-0.39, 0.29) is 18.1 Å². The average Bonchev–Trinajstić information content (AvgIpc) is 2.85. The van der Waals surface area contributed by atoms with E-state index in [1.165, 1.54) is 0 Å². The molecule has 38 heavy (non-hydrogen) atoms. The fraction of sp³-hybridized carbons (Fsp3) is 0.917. The van der Waals surface area contributed by atoms with Crippen LogP contribution in [0.2, 0.25) is 0 Å². The molecule has 14 heteroatoms. The highest BCUT2D eigenvalue weighted by atomic mass is 32.2. The molecule has 5 N–H and O–H groups in total. The van der Waals surface area contributed by atoms with Gasteiger partial charge in [-0.1, -0.05) is 6.42 Å². The van der Waals surface area contributed by atoms with Gasteiger partial charge in [-0.2, -0.15) is 0 Å². The van der Waals surface area contributed by atoms with Crippen LogP contribution in [-0.4, -0.2) is 125 Å². The maximum Gasteiger partial charge on any atom is 0.407 e. The molecule has 2 amide bonds. The quantitative estimate of drug-likeness (QED) is 0.0964. The molecule has 0 saturated carbocycles. The Morgan fingerprint density at radius 1 is 0.763 bits per heavy atom. The highest BCUT2D eigenvalue weighted by Crippen LogP contribution is 2.10. The van der Waals surface area contributed by atoms with Crippen LogP contribution in [0.15, 0.2) is 0 Å². The molecule has 0 radical (unpaired) electrons. The largest absolute Gasteiger partial charge is 0.445 e. The molecule has 0 rings (SSSR count). The van der Waals surface area contributed by atoms with Crippen molar-refractivity contribution in [1.29, 1.82) is 0 Å². The van der Waals surface area contributed by atoms with Crippen molar-refractivity contribution >= 4 is 21.8 Å². The number of carbonyl (C=O) groups is 2. The topological polar surface area (TPSA) is 177 Å². The molecule has 0 spiro atoms. The predicted octanol–water partition coefficient (Wildman–Crippen LogP) is -0.173. The number of nitrogens with one attached hydrogen (secondary N) is 3. The van der Waals surface area contributed by atoms with Crippen molar-refractivity contribution in [2.45, 2.75) is 44.6 Å². The Balaban J connectivity index is 3.73. The standard InChI is InChI=1S/C24H50N4O9S/c1-26-10-6-12-28-24(30)37-22(21-38(2,31)32)7-4-3-5-11-27-23(29)8-13-33-15-17-35-19-20-36-18-16-34-14-9-25/h22,26H,3-21,25H2,1-2H3,(H,27,29)(H,28,30). The maximum absolute atomic E-state index is 11.9. The van der Waals surface area contributed by atoms with Crippen LogP contribution in [0.3, 0.4) is 0 Å². The summed E-state index contributed by atoms with van der Waals surface area (Å²) in [6.07, 6.45) is 3.46. The van der Waals surface area contributed by atoms with E-state index in [0.717, 1.165) is 32.1 Å². The maximum atomic E-state index is 11.9. The number of hydrogen-bond acceptors (Lipinski definition) is 11. The second kappa shape index (κ2) is 25.7. The summed E-state index contributed by atoms with van der Waals surface area (Å²) in [5, 5.41) is 8.44. The zero-order chi connectivity index (χ0) is 28.3. The van der Waals surface area contributed by atoms with Gasteiger partial charge in [-0.15, -0.1) is 0 Å². The smallest absolute Gasteiger partial charge is 0.407 e. The van der Waals surface area contributed by atoms with Crippen LogP contribution in [-0.2, 0) is 38.3 Å². The van der Waals surface area contributed by atoms with Crippen LogP contribution < -0.4 is 21.7 Å². The lowest BCUT2D eigenvalue weighted by molar-refractivity contribution is -0.122. The Kier molecular flexibility index (Phi) is 24.7. The highest BCUT2D eigenvalue weighted by Gasteiger charge is 2.19. The number of alkyl carbamates (subject to hydrolysis) is 1. The normalized spacial score (nSPS) is 12.3. The lowest BCUT2D eigenvalue weighted by Gasteiger charge is -2.17. The van der Waals surface area contributed by atoms with E-state index in [2.05, 4.69) is 16.0 Å². The van der Waals surface area contributed by atoms with Gasteiger partial charge in [0, 0.05) is 32.3 Å². The minimum Gasteiger partial charge on any atom is -0.445 e. The zero-order valence-corrected chi connectivity index (χ0v) is 24.0. The molecule has 0 aromatic rings. The Hall–Kier alpha value is -1.55. The van der Waals surface area contributed by atoms with Gasteiger partial charge >= 0.3 is 6.09 Å². The molecule has 0 fully saturated rings. The number of hydrogen-bond donors (Lipinski definition) is 4. The van der Waals surface area contributed by atoms with Gasteiger partial charge in [0.1, 0.15) is 6.10 Å². The Labute approximate surface area is 228 Å². The minimum atomic E-state index is -3.29. The predicted molar refractivity (Wildman–Crippen MR) is 145 cm³/mol. The third kappa shape index (κ3) is 27.5. The molecule has 0 aliphatic carbocycles. The molecule has 1 atom stereocenters. The molecule has 0 aromatic heterocycles. The van der Waals surface area contributed by atoms with Crippen LogP contribution >= 0.6 is 0 Å². The number of unbranched alkanes of at least 4 members (excludes halogenated alkanes) is 2. The van der Waals surface area contributed by atoms with Gasteiger partial charge in [0.05, 0.1) is 58.6 Å². The first-order valence-electron chi connectivity index (χ1n) is 13.3. The zero-order valence-electron chi connectivity index (χ0n) is 23.2. The lowest BCUT2D eigenvalue weighted by atomic mass is 10.1. The van der Waals surface area contributed by atoms with E-state index in [9.17, 15) is 18.0 Å². The second-order valence-electron chi connectivity index (χ2n) is 8.69. The van der Waals surface area contributed by atoms with Crippen LogP contribution in [0.1, 0.15) is 38.5 Å². The van der Waals surface area contributed by atoms with Crippen molar-refractivity contribution in [3.63, 3.8) is 0 Å². The number of carbonyl (C=O) groups excluding carboxylic acids is 2. The summed E-state index contributed by atoms with van der Waals surface area (Å²) < 4.78 is 50.0. The van der Waals surface area contributed by atoms with Crippen LogP contribution in [0, 0.1) is 0 Å². The molecule has 226 valence electrons. The third-order valence-electron chi connectivity index (χ3n) is 5.01. The van der Waals surface area contributed by atoms with Crippen molar-refractivity contribution in [3.05, 3.63) is 0 Å². The summed E-state index contributed by atoms with van der Waals surface area (Å²) >= 11 is 0. The first-order chi connectivity index (χ1) is 18.3. The molecule has 0 aliphatic rings. The Morgan fingerprint density at radius 3 is 1.92 bits per heavy atom. The minimum absolute atomic E-state index is 0.0931. The van der Waals surface area contributed by atoms with Gasteiger partial charge in [0.25, 0.3) is 0 Å². The number of sulfone groups is 1. The van der Waals surface area contributed by atoms with E-state index in [0.29, 0.717) is 85.3 Å². The van der Waals surface area contributed by atoms with Gasteiger partial charge in [0.15, 0.2) is 9.84 Å². The van der Waals surface area contributed by atoms with Crippen LogP contribution in [0.5, 0.6) is 0 Å². The second-order valence-corrected chi connectivity index (χ2v) is 10.9. The van der Waals surface area contributed by atoms with E-state index in [1.54, 1.807) is 0 Å². The summed E-state index contributed by atoms with van der Waals surface area (Å²) in [7, 11) is -1.46. The number of rotatable bonds is 27. The Morgan fingerprint density at radius 2 is 1.34 bits per heavy atom. The van der Waals surface area contributed by atoms with Crippen molar-refractivity contribution in [1.82, 2.24) is 16.0 Å². The molecule has 1 unspecified atom stereocenters. The molecule has 0 aromatic carbocycles. The van der Waals surface area contributed by atoms with Crippen LogP contribution in [0.4, 0.5) is 4.79 Å². The highest BCUT2D eigenvalue weighted by molar-refractivity contribution is 7.90. The van der Waals surface area contributed by atoms with Gasteiger partial charge in [0.2, 0.25) is 5.91 Å². The summed E-state index contributed by atoms with van der Waals surface area (Å²) in [5.41, 5.74) is 5.31. The molecule has 0 aliphatic heterocycles. The first kappa shape index (κ1) is 36.5. The molecular formula is C24H50N4O9S. The number of ether oxygens (including phenoxy) is 5. The van der Waals surface area contributed by atoms with Crippen molar-refractivity contribution in [2.75, 3.05) is 98.1 Å². The van der Waals surface area contributed by atoms with Gasteiger partial charge in [-0.25, -0.2) is 13.2 Å². The van der Waals surface area contributed by atoms with Crippen molar-refractivity contribution in [3.8, 4) is 0 Å². The summed E-state index contributed by atoms with van der Waals surface area (Å²) in [4.78, 5) is 23.8. The van der Waals surface area contributed by atoms with Gasteiger partial charge in [-0.3, -0.25) is 4.79 Å². The number of amides is 2. The third-order valence-corrected chi connectivity index (χ3v) is 5.99. The monoisotopic (exact) mass is 570 g/mol. The Bertz CT molecular complexity index is 684. The first-order valence-corrected chi connectivity index (χ1v) is 15.4. The number of nitrogens with two attached hydrogens (primary N) is 1.